The average Bonchev–Trinajstić information content (AvgIpc) is 1.77. The summed E-state index contributed by atoms with van der Waals surface area (Å²) in [6.45, 7) is 0. The minimum absolute atomic E-state index is 0.368. The van der Waals surface area contributed by atoms with Crippen LogP contribution in [0.2, 0.25) is 5.15 Å². The molecule has 0 saturated carbocycles. The maximum absolute atomic E-state index is 5.47. The van der Waals surface area contributed by atoms with Gasteiger partial charge in [-0.1, -0.05) is 23.1 Å². The first-order valence-corrected chi connectivity index (χ1v) is 2.54. The van der Waals surface area contributed by atoms with Gasteiger partial charge in [-0.2, -0.15) is 0 Å². The fourth-order valence-electron chi connectivity index (χ4n) is 0.398. The van der Waals surface area contributed by atoms with Crippen LogP contribution >= 0.6 is 11.6 Å². The Kier molecular flexibility index (Phi) is 1.54. The van der Waals surface area contributed by atoms with Gasteiger partial charge in [0.1, 0.15) is 13.0 Å². The number of hydrogen-bond donors (Lipinski definition) is 0. The van der Waals surface area contributed by atoms with Gasteiger partial charge in [-0.15, -0.1) is 0 Å². The van der Waals surface area contributed by atoms with Crippen molar-refractivity contribution < 1.29 is 0 Å². The summed E-state index contributed by atoms with van der Waals surface area (Å²) < 4.78 is 0. The van der Waals surface area contributed by atoms with Crippen molar-refractivity contribution in [3.8, 4) is 0 Å². The monoisotopic (exact) mass is 123 g/mol. The summed E-state index contributed by atoms with van der Waals surface area (Å²) in [4.78, 5) is 3.72. The van der Waals surface area contributed by atoms with Crippen molar-refractivity contribution in [2.45, 2.75) is 0 Å². The lowest BCUT2D eigenvalue weighted by atomic mass is 9.99. The number of rotatable bonds is 0. The maximum atomic E-state index is 5.47. The van der Waals surface area contributed by atoms with Crippen molar-refractivity contribution in [1.82, 2.24) is 4.98 Å². The highest BCUT2D eigenvalue weighted by molar-refractivity contribution is 6.44. The third kappa shape index (κ3) is 1.01. The maximum Gasteiger partial charge on any atom is 0.121 e. The first-order valence-electron chi connectivity index (χ1n) is 2.16. The predicted molar refractivity (Wildman–Crippen MR) is 34.6 cm³/mol. The molecule has 0 N–H and O–H groups in total. The molecule has 1 heterocycles. The van der Waals surface area contributed by atoms with Crippen LogP contribution in [-0.4, -0.2) is 12.8 Å². The molecule has 8 heavy (non-hydrogen) atoms. The summed E-state index contributed by atoms with van der Waals surface area (Å²) in [6.07, 6.45) is 1.60. The normalized spacial score (nSPS) is 9.12. The first-order chi connectivity index (χ1) is 3.80. The van der Waals surface area contributed by atoms with Crippen LogP contribution in [0.3, 0.4) is 0 Å². The Morgan fingerprint density at radius 3 is 2.75 bits per heavy atom. The van der Waals surface area contributed by atoms with Gasteiger partial charge in [-0.05, 0) is 6.07 Å². The highest BCUT2D eigenvalue weighted by Gasteiger charge is 1.87. The molecule has 1 rings (SSSR count). The van der Waals surface area contributed by atoms with E-state index in [-0.39, 0.29) is 0 Å². The summed E-state index contributed by atoms with van der Waals surface area (Å²) in [5.41, 5.74) is 0.522. The fraction of sp³-hybridized carbons (Fsp3) is 0. The quantitative estimate of drug-likeness (QED) is 0.362. The van der Waals surface area contributed by atoms with E-state index >= 15 is 0 Å². The average molecular weight is 123 g/mol. The van der Waals surface area contributed by atoms with Crippen LogP contribution in [0.5, 0.6) is 0 Å². The molecule has 0 aliphatic carbocycles. The van der Waals surface area contributed by atoms with Crippen molar-refractivity contribution >= 4 is 24.9 Å². The summed E-state index contributed by atoms with van der Waals surface area (Å²) in [7, 11) is 5.33. The molecule has 0 amide bonds. The van der Waals surface area contributed by atoms with E-state index in [0.717, 1.165) is 0 Å². The molecule has 0 aromatic carbocycles. The Balaban J connectivity index is 3.13. The standard InChI is InChI=1S/C5H3BClN/c6-4-2-1-3-8-5(4)7/h1-3H. The molecule has 0 aliphatic heterocycles. The van der Waals surface area contributed by atoms with E-state index in [2.05, 4.69) is 4.98 Å². The number of pyridine rings is 1. The number of hydrogen-bond acceptors (Lipinski definition) is 1. The van der Waals surface area contributed by atoms with Crippen LogP contribution in [0.1, 0.15) is 0 Å². The third-order valence-electron chi connectivity index (χ3n) is 0.788. The van der Waals surface area contributed by atoms with Gasteiger partial charge in [-0.3, -0.25) is 0 Å². The van der Waals surface area contributed by atoms with E-state index in [4.69, 9.17) is 19.4 Å². The summed E-state index contributed by atoms with van der Waals surface area (Å²) in [6, 6.07) is 3.44. The Morgan fingerprint density at radius 2 is 2.38 bits per heavy atom. The lowest BCUT2D eigenvalue weighted by molar-refractivity contribution is 1.35. The highest BCUT2D eigenvalue weighted by atomic mass is 35.5. The van der Waals surface area contributed by atoms with E-state index < -0.39 is 0 Å². The zero-order valence-corrected chi connectivity index (χ0v) is 4.89. The number of aromatic nitrogens is 1. The molecule has 0 fully saturated rings. The van der Waals surface area contributed by atoms with Crippen molar-refractivity contribution in [2.24, 2.45) is 0 Å². The summed E-state index contributed by atoms with van der Waals surface area (Å²) >= 11 is 5.47. The minimum Gasteiger partial charge on any atom is -0.245 e. The van der Waals surface area contributed by atoms with Crippen molar-refractivity contribution in [3.63, 3.8) is 0 Å². The molecule has 0 bridgehead atoms. The number of halogens is 1. The molecule has 1 aromatic rings. The van der Waals surface area contributed by atoms with E-state index in [0.29, 0.717) is 10.6 Å². The Hall–Kier alpha value is -0.495. The van der Waals surface area contributed by atoms with E-state index in [1.807, 2.05) is 0 Å². The molecule has 0 atom stereocenters. The molecule has 38 valence electrons. The molecule has 1 aromatic heterocycles. The smallest absolute Gasteiger partial charge is 0.121 e. The third-order valence-corrected chi connectivity index (χ3v) is 1.10. The fourth-order valence-corrected chi connectivity index (χ4v) is 0.518. The molecule has 2 radical (unpaired) electrons. The van der Waals surface area contributed by atoms with Crippen molar-refractivity contribution in [2.75, 3.05) is 0 Å². The Bertz CT molecular complexity index is 169. The van der Waals surface area contributed by atoms with E-state index in [1.54, 1.807) is 18.3 Å². The molecule has 0 spiro atoms. The van der Waals surface area contributed by atoms with E-state index in [1.165, 1.54) is 0 Å². The van der Waals surface area contributed by atoms with Crippen LogP contribution in [-0.2, 0) is 0 Å². The minimum atomic E-state index is 0.368. The van der Waals surface area contributed by atoms with Crippen LogP contribution in [0.15, 0.2) is 18.3 Å². The SMILES string of the molecule is [B]c1cccnc1Cl. The van der Waals surface area contributed by atoms with Crippen LogP contribution < -0.4 is 5.46 Å². The largest absolute Gasteiger partial charge is 0.245 e. The highest BCUT2D eigenvalue weighted by Crippen LogP contribution is 1.94. The van der Waals surface area contributed by atoms with Gasteiger partial charge in [-0.25, -0.2) is 4.98 Å². The topological polar surface area (TPSA) is 12.9 Å². The first kappa shape index (κ1) is 5.64. The molecule has 3 heteroatoms. The van der Waals surface area contributed by atoms with Gasteiger partial charge < -0.3 is 0 Å². The van der Waals surface area contributed by atoms with Gasteiger partial charge >= 0.3 is 0 Å². The van der Waals surface area contributed by atoms with Crippen LogP contribution in [0.25, 0.3) is 0 Å². The van der Waals surface area contributed by atoms with Gasteiger partial charge in [0.25, 0.3) is 0 Å². The van der Waals surface area contributed by atoms with Crippen LogP contribution in [0, 0.1) is 0 Å². The predicted octanol–water partition coefficient (Wildman–Crippen LogP) is 0.529. The molecule has 0 unspecified atom stereocenters. The Labute approximate surface area is 54.1 Å². The number of nitrogens with zero attached hydrogens (tertiary/aromatic N) is 1. The molecular formula is C5H3BClN. The van der Waals surface area contributed by atoms with Crippen molar-refractivity contribution in [1.29, 1.82) is 0 Å². The zero-order valence-electron chi connectivity index (χ0n) is 4.13. The van der Waals surface area contributed by atoms with Crippen LogP contribution in [0.4, 0.5) is 0 Å². The molecular weight excluding hydrogens is 120 g/mol. The molecule has 0 saturated heterocycles. The summed E-state index contributed by atoms with van der Waals surface area (Å²) in [5, 5.41) is 0.368. The van der Waals surface area contributed by atoms with E-state index in [9.17, 15) is 0 Å². The Morgan fingerprint density at radius 1 is 1.62 bits per heavy atom. The van der Waals surface area contributed by atoms with Crippen molar-refractivity contribution in [3.05, 3.63) is 23.5 Å². The summed E-state index contributed by atoms with van der Waals surface area (Å²) in [5.74, 6) is 0. The lowest BCUT2D eigenvalue weighted by Gasteiger charge is -1.90. The van der Waals surface area contributed by atoms with Gasteiger partial charge in [0.2, 0.25) is 0 Å². The molecule has 0 aliphatic rings. The van der Waals surface area contributed by atoms with Gasteiger partial charge in [0, 0.05) is 6.20 Å². The second-order valence-corrected chi connectivity index (χ2v) is 1.74. The zero-order chi connectivity index (χ0) is 5.98. The van der Waals surface area contributed by atoms with Gasteiger partial charge in [0.05, 0.1) is 0 Å². The second-order valence-electron chi connectivity index (χ2n) is 1.38. The van der Waals surface area contributed by atoms with Gasteiger partial charge in [0.15, 0.2) is 0 Å². The molecule has 1 nitrogen and oxygen atoms in total. The second kappa shape index (κ2) is 2.18. The lowest BCUT2D eigenvalue weighted by Crippen LogP contribution is -2.03.